The molecule has 128 valence electrons. The van der Waals surface area contributed by atoms with Gasteiger partial charge in [-0.05, 0) is 5.56 Å². The summed E-state index contributed by atoms with van der Waals surface area (Å²) in [6.45, 7) is 3.63. The number of hydrogen-bond acceptors (Lipinski definition) is 4. The number of nitrogens with zero attached hydrogens (tertiary/aromatic N) is 3. The second-order valence-electron chi connectivity index (χ2n) is 5.81. The first-order valence-electron chi connectivity index (χ1n) is 7.89. The van der Waals surface area contributed by atoms with Crippen molar-refractivity contribution >= 4 is 15.8 Å². The third-order valence-electron chi connectivity index (χ3n) is 3.98. The van der Waals surface area contributed by atoms with Crippen LogP contribution in [0.3, 0.4) is 0 Å². The Morgan fingerprint density at radius 3 is 2.52 bits per heavy atom. The molecule has 1 fully saturated rings. The monoisotopic (exact) mass is 338 g/mol. The first-order valence-corrected chi connectivity index (χ1v) is 9.71. The van der Waals surface area contributed by atoms with Gasteiger partial charge < -0.3 is 10.2 Å². The second-order valence-corrected chi connectivity index (χ2v) is 8.11. The lowest BCUT2D eigenvalue weighted by Gasteiger charge is -2.28. The largest absolute Gasteiger partial charge is 0.355 e. The Morgan fingerprint density at radius 1 is 1.26 bits per heavy atom. The van der Waals surface area contributed by atoms with E-state index >= 15 is 0 Å². The smallest absolute Gasteiger partial charge is 0.193 e. The highest BCUT2D eigenvalue weighted by molar-refractivity contribution is 7.91. The van der Waals surface area contributed by atoms with Gasteiger partial charge in [-0.3, -0.25) is 9.89 Å². The molecule has 0 saturated carbocycles. The van der Waals surface area contributed by atoms with Crippen LogP contribution in [0.25, 0.3) is 0 Å². The van der Waals surface area contributed by atoms with Gasteiger partial charge in [-0.1, -0.05) is 30.3 Å². The molecule has 0 spiro atoms. The standard InChI is InChI=1S/C16H26N4O2S/c1-17-16(19(2)14-15-6-4-3-5-7-15)18-8-9-20-10-12-23(21,22)13-11-20/h3-7H,8-14H2,1-2H3,(H,17,18). The van der Waals surface area contributed by atoms with Crippen LogP contribution in [-0.2, 0) is 16.4 Å². The molecular formula is C16H26N4O2S. The van der Waals surface area contributed by atoms with E-state index in [9.17, 15) is 8.42 Å². The van der Waals surface area contributed by atoms with Crippen LogP contribution in [0.1, 0.15) is 5.56 Å². The van der Waals surface area contributed by atoms with E-state index in [0.29, 0.717) is 13.1 Å². The molecule has 0 unspecified atom stereocenters. The van der Waals surface area contributed by atoms with Crippen molar-refractivity contribution in [3.05, 3.63) is 35.9 Å². The quantitative estimate of drug-likeness (QED) is 0.623. The van der Waals surface area contributed by atoms with E-state index in [1.165, 1.54) is 5.56 Å². The summed E-state index contributed by atoms with van der Waals surface area (Å²) < 4.78 is 22.8. The predicted octanol–water partition coefficient (Wildman–Crippen LogP) is 0.424. The summed E-state index contributed by atoms with van der Waals surface area (Å²) in [5.41, 5.74) is 1.24. The first-order chi connectivity index (χ1) is 11.0. The molecule has 0 radical (unpaired) electrons. The number of guanidine groups is 1. The molecule has 0 atom stereocenters. The molecule has 1 N–H and O–H groups in total. The zero-order valence-electron chi connectivity index (χ0n) is 13.9. The fraction of sp³-hybridized carbons (Fsp3) is 0.562. The summed E-state index contributed by atoms with van der Waals surface area (Å²) in [5, 5.41) is 3.34. The molecule has 1 aromatic rings. The minimum Gasteiger partial charge on any atom is -0.355 e. The van der Waals surface area contributed by atoms with Gasteiger partial charge in [0, 0.05) is 46.8 Å². The number of aliphatic imine (C=N–C) groups is 1. The van der Waals surface area contributed by atoms with Crippen molar-refractivity contribution in [3.63, 3.8) is 0 Å². The molecule has 23 heavy (non-hydrogen) atoms. The van der Waals surface area contributed by atoms with E-state index in [1.807, 2.05) is 25.2 Å². The average Bonchev–Trinajstić information content (AvgIpc) is 2.54. The van der Waals surface area contributed by atoms with Gasteiger partial charge in [0.25, 0.3) is 0 Å². The maximum atomic E-state index is 11.4. The van der Waals surface area contributed by atoms with Crippen molar-refractivity contribution in [3.8, 4) is 0 Å². The average molecular weight is 338 g/mol. The maximum Gasteiger partial charge on any atom is 0.193 e. The minimum atomic E-state index is -2.80. The molecule has 0 aliphatic carbocycles. The Kier molecular flexibility index (Phi) is 6.41. The number of sulfone groups is 1. The van der Waals surface area contributed by atoms with Gasteiger partial charge in [0.2, 0.25) is 0 Å². The van der Waals surface area contributed by atoms with Crippen molar-refractivity contribution < 1.29 is 8.42 Å². The van der Waals surface area contributed by atoms with E-state index in [2.05, 4.69) is 32.2 Å². The van der Waals surface area contributed by atoms with Crippen molar-refractivity contribution in [1.29, 1.82) is 0 Å². The van der Waals surface area contributed by atoms with Crippen molar-refractivity contribution in [1.82, 2.24) is 15.1 Å². The van der Waals surface area contributed by atoms with E-state index in [4.69, 9.17) is 0 Å². The van der Waals surface area contributed by atoms with Crippen LogP contribution in [0.5, 0.6) is 0 Å². The topological polar surface area (TPSA) is 65.0 Å². The maximum absolute atomic E-state index is 11.4. The summed E-state index contributed by atoms with van der Waals surface area (Å²) >= 11 is 0. The number of nitrogens with one attached hydrogen (secondary N) is 1. The molecule has 0 aromatic heterocycles. The van der Waals surface area contributed by atoms with Gasteiger partial charge in [-0.2, -0.15) is 0 Å². The van der Waals surface area contributed by atoms with Gasteiger partial charge in [-0.25, -0.2) is 8.42 Å². The summed E-state index contributed by atoms with van der Waals surface area (Å²) in [5.74, 6) is 1.39. The molecular weight excluding hydrogens is 312 g/mol. The first kappa shape index (κ1) is 17.7. The third-order valence-corrected chi connectivity index (χ3v) is 5.59. The van der Waals surface area contributed by atoms with Crippen LogP contribution in [0.15, 0.2) is 35.3 Å². The fourth-order valence-electron chi connectivity index (χ4n) is 2.62. The highest BCUT2D eigenvalue weighted by atomic mass is 32.2. The third kappa shape index (κ3) is 5.84. The molecule has 1 aliphatic rings. The van der Waals surface area contributed by atoms with Crippen molar-refractivity contribution in [2.24, 2.45) is 4.99 Å². The number of hydrogen-bond donors (Lipinski definition) is 1. The van der Waals surface area contributed by atoms with Gasteiger partial charge in [-0.15, -0.1) is 0 Å². The molecule has 6 nitrogen and oxygen atoms in total. The predicted molar refractivity (Wildman–Crippen MR) is 94.4 cm³/mol. The van der Waals surface area contributed by atoms with Crippen LogP contribution in [-0.4, -0.2) is 76.0 Å². The summed E-state index contributed by atoms with van der Waals surface area (Å²) in [6, 6.07) is 10.3. The van der Waals surface area contributed by atoms with E-state index in [0.717, 1.165) is 25.6 Å². The fourth-order valence-corrected chi connectivity index (χ4v) is 3.89. The molecule has 0 bridgehead atoms. The number of rotatable bonds is 5. The van der Waals surface area contributed by atoms with Crippen LogP contribution in [0.4, 0.5) is 0 Å². The summed E-state index contributed by atoms with van der Waals surface area (Å²) in [6.07, 6.45) is 0. The Hall–Kier alpha value is -1.60. The molecule has 0 amide bonds. The molecule has 2 rings (SSSR count). The zero-order chi connectivity index (χ0) is 16.7. The van der Waals surface area contributed by atoms with Gasteiger partial charge >= 0.3 is 0 Å². The second kappa shape index (κ2) is 8.31. The molecule has 1 saturated heterocycles. The lowest BCUT2D eigenvalue weighted by Crippen LogP contribution is -2.46. The van der Waals surface area contributed by atoms with Crippen molar-refractivity contribution in [2.45, 2.75) is 6.54 Å². The highest BCUT2D eigenvalue weighted by Crippen LogP contribution is 2.04. The van der Waals surface area contributed by atoms with Gasteiger partial charge in [0.1, 0.15) is 0 Å². The molecule has 1 aromatic carbocycles. The Labute approximate surface area is 139 Å². The van der Waals surface area contributed by atoms with E-state index in [-0.39, 0.29) is 11.5 Å². The lowest BCUT2D eigenvalue weighted by molar-refractivity contribution is 0.298. The molecule has 1 heterocycles. The van der Waals surface area contributed by atoms with Crippen molar-refractivity contribution in [2.75, 3.05) is 51.8 Å². The van der Waals surface area contributed by atoms with Crippen LogP contribution < -0.4 is 5.32 Å². The Morgan fingerprint density at radius 2 is 1.91 bits per heavy atom. The SMILES string of the molecule is CN=C(NCCN1CCS(=O)(=O)CC1)N(C)Cc1ccccc1. The normalized spacial score (nSPS) is 18.6. The Bertz CT molecular complexity index is 602. The van der Waals surface area contributed by atoms with Gasteiger partial charge in [0.05, 0.1) is 11.5 Å². The molecule has 1 aliphatic heterocycles. The summed E-state index contributed by atoms with van der Waals surface area (Å²) in [4.78, 5) is 8.57. The van der Waals surface area contributed by atoms with E-state index in [1.54, 1.807) is 7.05 Å². The number of benzene rings is 1. The minimum absolute atomic E-state index is 0.273. The van der Waals surface area contributed by atoms with Gasteiger partial charge in [0.15, 0.2) is 15.8 Å². The Balaban J connectivity index is 1.75. The van der Waals surface area contributed by atoms with Crippen LogP contribution >= 0.6 is 0 Å². The van der Waals surface area contributed by atoms with Crippen LogP contribution in [0.2, 0.25) is 0 Å². The summed E-state index contributed by atoms with van der Waals surface area (Å²) in [7, 11) is 0.981. The van der Waals surface area contributed by atoms with E-state index < -0.39 is 9.84 Å². The lowest BCUT2D eigenvalue weighted by atomic mass is 10.2. The molecule has 7 heteroatoms. The van der Waals surface area contributed by atoms with Crippen LogP contribution in [0, 0.1) is 0 Å². The highest BCUT2D eigenvalue weighted by Gasteiger charge is 2.21. The zero-order valence-corrected chi connectivity index (χ0v) is 14.7.